The molecule has 0 bridgehead atoms. The van der Waals surface area contributed by atoms with Crippen molar-refractivity contribution >= 4 is 46.2 Å². The lowest BCUT2D eigenvalue weighted by Gasteiger charge is -2.44. The van der Waals surface area contributed by atoms with E-state index in [1.165, 1.54) is 111 Å². The van der Waals surface area contributed by atoms with Gasteiger partial charge in [0.1, 0.15) is 0 Å². The first kappa shape index (κ1) is 35.8. The van der Waals surface area contributed by atoms with E-state index in [1.807, 2.05) is 27.7 Å². The van der Waals surface area contributed by atoms with E-state index in [4.69, 9.17) is 0 Å². The van der Waals surface area contributed by atoms with E-state index in [0.717, 1.165) is 32.1 Å². The molecule has 0 saturated carbocycles. The average molecular weight is 767 g/mol. The third kappa shape index (κ3) is 4.66. The molecule has 0 aromatic heterocycles. The zero-order chi connectivity index (χ0) is 40.3. The second-order valence-electron chi connectivity index (χ2n) is 17.4. The van der Waals surface area contributed by atoms with Crippen LogP contribution in [0.1, 0.15) is 106 Å². The summed E-state index contributed by atoms with van der Waals surface area (Å²) in [7, 11) is 0. The molecule has 0 saturated heterocycles. The largest absolute Gasteiger partial charge is 0.242 e. The van der Waals surface area contributed by atoms with Crippen molar-refractivity contribution in [3.05, 3.63) is 236 Å². The maximum Gasteiger partial charge on any atom is 0.242 e. The predicted octanol–water partition coefficient (Wildman–Crippen LogP) is 8.66. The highest BCUT2D eigenvalue weighted by Gasteiger charge is 2.52. The topological polar surface area (TPSA) is 0 Å². The van der Waals surface area contributed by atoms with Crippen LogP contribution in [0.2, 0.25) is 0 Å². The van der Waals surface area contributed by atoms with E-state index in [9.17, 15) is 0 Å². The smallest absolute Gasteiger partial charge is 0.0683 e. The summed E-state index contributed by atoms with van der Waals surface area (Å²) in [5, 5.41) is 0. The molecule has 0 atom stereocenters. The summed E-state index contributed by atoms with van der Waals surface area (Å²) in [6.45, 7) is 8.51. The van der Waals surface area contributed by atoms with E-state index in [0.29, 0.717) is 0 Å². The minimum Gasteiger partial charge on any atom is -0.0683 e. The highest BCUT2D eigenvalue weighted by Crippen LogP contribution is 2.59. The molecule has 286 valence electrons. The Labute approximate surface area is 356 Å². The molecule has 6 aliphatic rings. The molecule has 0 amide bonds. The molecule has 0 N–H and O–H groups in total. The molecule has 0 unspecified atom stereocenters. The molecular formula is C58H48B2. The zero-order valence-electron chi connectivity index (χ0n) is 35.2. The summed E-state index contributed by atoms with van der Waals surface area (Å²) in [6, 6.07) is 62.3. The summed E-state index contributed by atoms with van der Waals surface area (Å²) in [6.07, 6.45) is 5.01. The van der Waals surface area contributed by atoms with Crippen LogP contribution in [0.5, 0.6) is 0 Å². The summed E-state index contributed by atoms with van der Waals surface area (Å²) in [5.41, 5.74) is 32.3. The van der Waals surface area contributed by atoms with Gasteiger partial charge in [-0.3, -0.25) is 0 Å². The molecule has 2 heteroatoms. The number of hydrogen-bond donors (Lipinski definition) is 0. The normalized spacial score (nSPS) is 15.1. The van der Waals surface area contributed by atoms with E-state index < -0.39 is 5.41 Å². The number of fused-ring (bicyclic) bond motifs is 17. The van der Waals surface area contributed by atoms with Gasteiger partial charge >= 0.3 is 0 Å². The van der Waals surface area contributed by atoms with Gasteiger partial charge in [0.15, 0.2) is 0 Å². The van der Waals surface area contributed by atoms with E-state index in [1.54, 1.807) is 10.9 Å². The van der Waals surface area contributed by atoms with E-state index >= 15 is 0 Å². The number of benzene rings is 8. The maximum atomic E-state index is 2.72. The van der Waals surface area contributed by atoms with Gasteiger partial charge in [0.05, 0.1) is 5.41 Å². The van der Waals surface area contributed by atoms with Crippen molar-refractivity contribution < 1.29 is 0 Å². The van der Waals surface area contributed by atoms with Crippen LogP contribution in [0.4, 0.5) is 0 Å². The Morgan fingerprint density at radius 2 is 0.650 bits per heavy atom. The van der Waals surface area contributed by atoms with Crippen molar-refractivity contribution in [2.45, 2.75) is 65.2 Å². The molecule has 4 heterocycles. The van der Waals surface area contributed by atoms with Gasteiger partial charge in [0, 0.05) is 0 Å². The monoisotopic (exact) mass is 766 g/mol. The number of hydrogen-bond acceptors (Lipinski definition) is 0. The van der Waals surface area contributed by atoms with Crippen molar-refractivity contribution in [1.29, 1.82) is 0 Å². The molecule has 8 aromatic rings. The first-order valence-electron chi connectivity index (χ1n) is 22.6. The van der Waals surface area contributed by atoms with Gasteiger partial charge < -0.3 is 0 Å². The first-order valence-corrected chi connectivity index (χ1v) is 22.6. The minimum absolute atomic E-state index is 0.253. The van der Waals surface area contributed by atoms with Crippen LogP contribution in [-0.2, 0) is 37.5 Å². The van der Waals surface area contributed by atoms with Crippen molar-refractivity contribution in [2.24, 2.45) is 0 Å². The lowest BCUT2D eigenvalue weighted by Crippen LogP contribution is -2.61. The molecule has 14 rings (SSSR count). The minimum atomic E-state index is -0.415. The molecule has 8 aromatic carbocycles. The second-order valence-corrected chi connectivity index (χ2v) is 17.4. The van der Waals surface area contributed by atoms with Crippen LogP contribution in [0.15, 0.2) is 158 Å². The van der Waals surface area contributed by atoms with Crippen LogP contribution in [0, 0.1) is 0 Å². The molecule has 1 spiro atoms. The summed E-state index contributed by atoms with van der Waals surface area (Å²) in [4.78, 5) is 0. The SMILES string of the molecule is CC.CC.c1ccc2c(c1)Cc1cccc3c1B2c1cc2c(cc1C3)Cc1cc3c(cc1C21c2ccccc2-c2ccccc21)B1c2ccccc2Cc2cccc(c21)C3. The summed E-state index contributed by atoms with van der Waals surface area (Å²) in [5.74, 6) is 0. The van der Waals surface area contributed by atoms with Crippen molar-refractivity contribution in [2.75, 3.05) is 0 Å². The maximum absolute atomic E-state index is 2.72. The van der Waals surface area contributed by atoms with Gasteiger partial charge in [-0.05, 0) is 121 Å². The van der Waals surface area contributed by atoms with Crippen LogP contribution in [0.3, 0.4) is 0 Å². The van der Waals surface area contributed by atoms with Gasteiger partial charge in [-0.15, -0.1) is 0 Å². The van der Waals surface area contributed by atoms with Gasteiger partial charge in [0.25, 0.3) is 0 Å². The van der Waals surface area contributed by atoms with Crippen LogP contribution < -0.4 is 32.8 Å². The van der Waals surface area contributed by atoms with Gasteiger partial charge in [-0.2, -0.15) is 0 Å². The fourth-order valence-electron chi connectivity index (χ4n) is 12.8. The third-order valence-corrected chi connectivity index (χ3v) is 14.9. The Hall–Kier alpha value is -6.11. The molecule has 60 heavy (non-hydrogen) atoms. The van der Waals surface area contributed by atoms with E-state index in [-0.39, 0.29) is 13.4 Å². The molecule has 4 aliphatic heterocycles. The lowest BCUT2D eigenvalue weighted by atomic mass is 9.30. The van der Waals surface area contributed by atoms with Gasteiger partial charge in [-0.25, -0.2) is 0 Å². The van der Waals surface area contributed by atoms with Gasteiger partial charge in [0.2, 0.25) is 13.4 Å². The number of rotatable bonds is 0. The Morgan fingerprint density at radius 3 is 1.10 bits per heavy atom. The lowest BCUT2D eigenvalue weighted by molar-refractivity contribution is 0.721. The highest BCUT2D eigenvalue weighted by molar-refractivity contribution is 6.98. The fraction of sp³-hybridized carbons (Fsp3) is 0.172. The molecule has 2 aliphatic carbocycles. The quantitative estimate of drug-likeness (QED) is 0.136. The average Bonchev–Trinajstić information content (AvgIpc) is 3.60. The van der Waals surface area contributed by atoms with E-state index in [2.05, 4.69) is 158 Å². The molecular weight excluding hydrogens is 718 g/mol. The predicted molar refractivity (Wildman–Crippen MR) is 256 cm³/mol. The molecule has 0 fully saturated rings. The second kappa shape index (κ2) is 13.5. The molecule has 0 nitrogen and oxygen atoms in total. The Morgan fingerprint density at radius 1 is 0.300 bits per heavy atom. The van der Waals surface area contributed by atoms with Crippen LogP contribution in [0.25, 0.3) is 11.1 Å². The van der Waals surface area contributed by atoms with Crippen molar-refractivity contribution in [1.82, 2.24) is 0 Å². The Kier molecular flexibility index (Phi) is 8.03. The first-order chi connectivity index (χ1) is 29.7. The van der Waals surface area contributed by atoms with Crippen molar-refractivity contribution in [3.8, 4) is 11.1 Å². The van der Waals surface area contributed by atoms with Crippen molar-refractivity contribution in [3.63, 3.8) is 0 Å². The Balaban J connectivity index is 0.000000944. The van der Waals surface area contributed by atoms with Gasteiger partial charge in [-0.1, -0.05) is 218 Å². The Bertz CT molecular complexity index is 2880. The third-order valence-electron chi connectivity index (χ3n) is 14.9. The fourth-order valence-corrected chi connectivity index (χ4v) is 12.8. The molecule has 0 radical (unpaired) electrons. The standard InChI is InChI=1S/C54H36B2.2C2H6/c1-7-21-48-32(11-1)23-34-13-9-15-36-25-40-28-38-27-39-29-41-26-37-16-10-14-35-24-33-12-2-8-22-49(33)56(53(35)37)51(41)31-47(39)54(46(38)30-50(40)55(48)52(34)36)44-19-5-3-17-42(44)43-18-4-6-20-45(43)54;2*1-2/h1-22,28-31H,23-27H2;2*1-2H3. The van der Waals surface area contributed by atoms with Crippen LogP contribution in [-0.4, -0.2) is 13.4 Å². The zero-order valence-corrected chi connectivity index (χ0v) is 35.2. The summed E-state index contributed by atoms with van der Waals surface area (Å²) < 4.78 is 0. The summed E-state index contributed by atoms with van der Waals surface area (Å²) >= 11 is 0. The van der Waals surface area contributed by atoms with Crippen LogP contribution >= 0.6 is 0 Å². The highest BCUT2D eigenvalue weighted by atomic mass is 14.5.